The molecule has 0 atom stereocenters. The third kappa shape index (κ3) is 3.74. The van der Waals surface area contributed by atoms with Crippen LogP contribution in [0.4, 0.5) is 5.69 Å². The molecule has 1 heterocycles. The Labute approximate surface area is 159 Å². The number of aromatic nitrogens is 1. The molecule has 3 rings (SSSR count). The van der Waals surface area contributed by atoms with E-state index in [0.717, 1.165) is 10.9 Å². The maximum absolute atomic E-state index is 12.7. The van der Waals surface area contributed by atoms with Gasteiger partial charge >= 0.3 is 0 Å². The van der Waals surface area contributed by atoms with Crippen molar-refractivity contribution < 1.29 is 13.2 Å². The third-order valence-electron chi connectivity index (χ3n) is 4.59. The predicted octanol–water partition coefficient (Wildman–Crippen LogP) is 3.46. The fraction of sp³-hybridized carbons (Fsp3) is 0.250. The fourth-order valence-corrected chi connectivity index (χ4v) is 4.56. The monoisotopic (exact) mass is 385 g/mol. The molecule has 1 aromatic heterocycles. The number of hydrogen-bond donors (Lipinski definition) is 1. The molecule has 1 amide bonds. The molecule has 27 heavy (non-hydrogen) atoms. The van der Waals surface area contributed by atoms with E-state index in [1.54, 1.807) is 26.0 Å². The summed E-state index contributed by atoms with van der Waals surface area (Å²) in [5, 5.41) is 3.93. The van der Waals surface area contributed by atoms with Crippen LogP contribution in [0.5, 0.6) is 0 Å². The second-order valence-electron chi connectivity index (χ2n) is 6.27. The van der Waals surface area contributed by atoms with Gasteiger partial charge in [0.2, 0.25) is 10.0 Å². The second kappa shape index (κ2) is 7.54. The number of anilines is 1. The minimum atomic E-state index is -3.61. The van der Waals surface area contributed by atoms with Crippen molar-refractivity contribution in [3.05, 3.63) is 60.3 Å². The maximum atomic E-state index is 12.7. The highest BCUT2D eigenvalue weighted by Crippen LogP contribution is 2.21. The van der Waals surface area contributed by atoms with E-state index in [1.165, 1.54) is 16.4 Å². The van der Waals surface area contributed by atoms with Crippen LogP contribution in [-0.4, -0.2) is 36.3 Å². The van der Waals surface area contributed by atoms with Gasteiger partial charge in [-0.1, -0.05) is 26.0 Å². The molecule has 0 bridgehead atoms. The summed E-state index contributed by atoms with van der Waals surface area (Å²) in [7, 11) is -1.67. The predicted molar refractivity (Wildman–Crippen MR) is 107 cm³/mol. The van der Waals surface area contributed by atoms with E-state index in [2.05, 4.69) is 5.32 Å². The quantitative estimate of drug-likeness (QED) is 0.706. The first-order chi connectivity index (χ1) is 12.9. The molecular formula is C20H23N3O3S. The maximum Gasteiger partial charge on any atom is 0.255 e. The van der Waals surface area contributed by atoms with Gasteiger partial charge in [-0.25, -0.2) is 8.42 Å². The Morgan fingerprint density at radius 2 is 1.81 bits per heavy atom. The number of fused-ring (bicyclic) bond motifs is 1. The zero-order valence-corrected chi connectivity index (χ0v) is 16.5. The number of amides is 1. The lowest BCUT2D eigenvalue weighted by atomic mass is 10.2. The minimum Gasteiger partial charge on any atom is -0.350 e. The van der Waals surface area contributed by atoms with Crippen molar-refractivity contribution >= 4 is 32.5 Å². The van der Waals surface area contributed by atoms with Crippen LogP contribution >= 0.6 is 0 Å². The number of rotatable bonds is 6. The Balaban J connectivity index is 1.87. The molecule has 0 saturated carbocycles. The summed E-state index contributed by atoms with van der Waals surface area (Å²) in [5.41, 5.74) is 1.96. The fourth-order valence-electron chi connectivity index (χ4n) is 3.05. The molecule has 0 aliphatic carbocycles. The number of hydrogen-bond acceptors (Lipinski definition) is 3. The molecule has 3 aromatic rings. The Morgan fingerprint density at radius 3 is 2.52 bits per heavy atom. The van der Waals surface area contributed by atoms with E-state index in [1.807, 2.05) is 42.1 Å². The smallest absolute Gasteiger partial charge is 0.255 e. The van der Waals surface area contributed by atoms with Gasteiger partial charge in [-0.05, 0) is 41.8 Å². The number of nitrogens with zero attached hydrogens (tertiary/aromatic N) is 2. The molecule has 0 spiro atoms. The zero-order valence-electron chi connectivity index (χ0n) is 15.6. The van der Waals surface area contributed by atoms with Gasteiger partial charge in [0.1, 0.15) is 0 Å². The van der Waals surface area contributed by atoms with Crippen LogP contribution in [0.3, 0.4) is 0 Å². The standard InChI is InChI=1S/C20H23N3O3S/c1-4-23(5-2)27(25,26)18-8-6-7-16(13-18)20(24)21-17-10-9-15-11-12-22(3)19(15)14-17/h6-14H,4-5H2,1-3H3,(H,21,24). The molecule has 1 N–H and O–H groups in total. The second-order valence-corrected chi connectivity index (χ2v) is 8.21. The Bertz CT molecular complexity index is 1080. The number of sulfonamides is 1. The highest BCUT2D eigenvalue weighted by Gasteiger charge is 2.22. The van der Waals surface area contributed by atoms with Gasteiger partial charge in [0.05, 0.1) is 4.90 Å². The van der Waals surface area contributed by atoms with E-state index < -0.39 is 10.0 Å². The van der Waals surface area contributed by atoms with Crippen molar-refractivity contribution in [1.29, 1.82) is 0 Å². The van der Waals surface area contributed by atoms with Crippen LogP contribution < -0.4 is 5.32 Å². The average Bonchev–Trinajstić information content (AvgIpc) is 3.03. The van der Waals surface area contributed by atoms with Gasteiger partial charge < -0.3 is 9.88 Å². The Hall–Kier alpha value is -2.64. The van der Waals surface area contributed by atoms with Crippen LogP contribution in [0, 0.1) is 0 Å². The highest BCUT2D eigenvalue weighted by atomic mass is 32.2. The van der Waals surface area contributed by atoms with Gasteiger partial charge in [0, 0.05) is 43.1 Å². The Kier molecular flexibility index (Phi) is 5.34. The third-order valence-corrected chi connectivity index (χ3v) is 6.63. The van der Waals surface area contributed by atoms with Gasteiger partial charge in [-0.2, -0.15) is 4.31 Å². The number of carbonyl (C=O) groups is 1. The summed E-state index contributed by atoms with van der Waals surface area (Å²) in [6.45, 7) is 4.34. The molecule has 142 valence electrons. The number of aryl methyl sites for hydroxylation is 1. The molecule has 0 fully saturated rings. The van der Waals surface area contributed by atoms with Crippen molar-refractivity contribution in [2.24, 2.45) is 7.05 Å². The zero-order chi connectivity index (χ0) is 19.6. The lowest BCUT2D eigenvalue weighted by molar-refractivity contribution is 0.102. The van der Waals surface area contributed by atoms with E-state index >= 15 is 0 Å². The lowest BCUT2D eigenvalue weighted by Crippen LogP contribution is -2.30. The summed E-state index contributed by atoms with van der Waals surface area (Å²) in [6, 6.07) is 13.8. The van der Waals surface area contributed by atoms with Crippen molar-refractivity contribution in [1.82, 2.24) is 8.87 Å². The Morgan fingerprint density at radius 1 is 1.07 bits per heavy atom. The van der Waals surface area contributed by atoms with Crippen molar-refractivity contribution in [3.63, 3.8) is 0 Å². The van der Waals surface area contributed by atoms with Crippen molar-refractivity contribution in [3.8, 4) is 0 Å². The largest absolute Gasteiger partial charge is 0.350 e. The lowest BCUT2D eigenvalue weighted by Gasteiger charge is -2.18. The highest BCUT2D eigenvalue weighted by molar-refractivity contribution is 7.89. The molecule has 0 aliphatic rings. The summed E-state index contributed by atoms with van der Waals surface area (Å²) in [5.74, 6) is -0.347. The first-order valence-electron chi connectivity index (χ1n) is 8.83. The van der Waals surface area contributed by atoms with E-state index in [-0.39, 0.29) is 10.8 Å². The molecule has 0 saturated heterocycles. The van der Waals surface area contributed by atoms with E-state index in [0.29, 0.717) is 24.3 Å². The average molecular weight is 385 g/mol. The van der Waals surface area contributed by atoms with Crippen LogP contribution in [0.2, 0.25) is 0 Å². The topological polar surface area (TPSA) is 71.4 Å². The van der Waals surface area contributed by atoms with Crippen LogP contribution in [0.1, 0.15) is 24.2 Å². The van der Waals surface area contributed by atoms with Crippen LogP contribution in [-0.2, 0) is 17.1 Å². The molecule has 2 aromatic carbocycles. The first kappa shape index (κ1) is 19.1. The van der Waals surface area contributed by atoms with Crippen LogP contribution in [0.15, 0.2) is 59.6 Å². The minimum absolute atomic E-state index is 0.122. The van der Waals surface area contributed by atoms with E-state index in [9.17, 15) is 13.2 Å². The number of nitrogens with one attached hydrogen (secondary N) is 1. The van der Waals surface area contributed by atoms with Crippen molar-refractivity contribution in [2.45, 2.75) is 18.7 Å². The van der Waals surface area contributed by atoms with Crippen molar-refractivity contribution in [2.75, 3.05) is 18.4 Å². The SMILES string of the molecule is CCN(CC)S(=O)(=O)c1cccc(C(=O)Nc2ccc3ccn(C)c3c2)c1. The molecule has 0 unspecified atom stereocenters. The molecule has 0 aliphatic heterocycles. The molecule has 6 nitrogen and oxygen atoms in total. The van der Waals surface area contributed by atoms with Gasteiger partial charge in [0.25, 0.3) is 5.91 Å². The summed E-state index contributed by atoms with van der Waals surface area (Å²) in [6.07, 6.45) is 1.96. The summed E-state index contributed by atoms with van der Waals surface area (Å²) >= 11 is 0. The van der Waals surface area contributed by atoms with Crippen LogP contribution in [0.25, 0.3) is 10.9 Å². The normalized spacial score (nSPS) is 11.9. The summed E-state index contributed by atoms with van der Waals surface area (Å²) < 4.78 is 28.7. The first-order valence-corrected chi connectivity index (χ1v) is 10.3. The van der Waals surface area contributed by atoms with E-state index in [4.69, 9.17) is 0 Å². The molecule has 7 heteroatoms. The number of carbonyl (C=O) groups excluding carboxylic acids is 1. The molecular weight excluding hydrogens is 362 g/mol. The number of benzene rings is 2. The summed E-state index contributed by atoms with van der Waals surface area (Å²) in [4.78, 5) is 12.8. The van der Waals surface area contributed by atoms with Gasteiger partial charge in [-0.15, -0.1) is 0 Å². The molecule has 0 radical (unpaired) electrons. The van der Waals surface area contributed by atoms with Gasteiger partial charge in [0.15, 0.2) is 0 Å². The van der Waals surface area contributed by atoms with Gasteiger partial charge in [-0.3, -0.25) is 4.79 Å².